The first-order chi connectivity index (χ1) is 9.15. The summed E-state index contributed by atoms with van der Waals surface area (Å²) in [6.07, 6.45) is 0.895. The van der Waals surface area contributed by atoms with Crippen LogP contribution in [0.5, 0.6) is 0 Å². The fourth-order valence-corrected chi connectivity index (χ4v) is 2.39. The highest BCUT2D eigenvalue weighted by molar-refractivity contribution is 9.10. The van der Waals surface area contributed by atoms with Gasteiger partial charge in [-0.3, -0.25) is 0 Å². The highest BCUT2D eigenvalue weighted by Gasteiger charge is 2.18. The molecule has 0 aliphatic rings. The lowest BCUT2D eigenvalue weighted by molar-refractivity contribution is 0.402. The number of hydrogen-bond acceptors (Lipinski definition) is 4. The van der Waals surface area contributed by atoms with Gasteiger partial charge < -0.3 is 9.73 Å². The van der Waals surface area contributed by atoms with Crippen molar-refractivity contribution in [3.05, 3.63) is 33.6 Å². The van der Waals surface area contributed by atoms with Crippen molar-refractivity contribution in [1.82, 2.24) is 15.5 Å². The maximum atomic E-state index is 5.99. The SMILES string of the molecule is CCNC(CC)c1nnc(-c2cc(Cl)ccc2Br)o1. The van der Waals surface area contributed by atoms with Crippen LogP contribution in [-0.2, 0) is 0 Å². The summed E-state index contributed by atoms with van der Waals surface area (Å²) in [6.45, 7) is 4.98. The Labute approximate surface area is 125 Å². The van der Waals surface area contributed by atoms with Gasteiger partial charge in [0.1, 0.15) is 0 Å². The third kappa shape index (κ3) is 3.35. The minimum absolute atomic E-state index is 0.0872. The Bertz CT molecular complexity index is 559. The van der Waals surface area contributed by atoms with Gasteiger partial charge in [-0.25, -0.2) is 0 Å². The summed E-state index contributed by atoms with van der Waals surface area (Å²) in [7, 11) is 0. The van der Waals surface area contributed by atoms with E-state index in [0.29, 0.717) is 16.8 Å². The van der Waals surface area contributed by atoms with Crippen molar-refractivity contribution in [3.8, 4) is 11.5 Å². The van der Waals surface area contributed by atoms with Crippen LogP contribution in [-0.4, -0.2) is 16.7 Å². The topological polar surface area (TPSA) is 51.0 Å². The highest BCUT2D eigenvalue weighted by Crippen LogP contribution is 2.31. The number of halogens is 2. The van der Waals surface area contributed by atoms with E-state index in [2.05, 4.69) is 38.4 Å². The van der Waals surface area contributed by atoms with E-state index in [1.807, 2.05) is 13.0 Å². The van der Waals surface area contributed by atoms with Gasteiger partial charge in [-0.2, -0.15) is 0 Å². The van der Waals surface area contributed by atoms with E-state index in [0.717, 1.165) is 23.0 Å². The molecule has 0 aliphatic carbocycles. The molecule has 0 saturated carbocycles. The van der Waals surface area contributed by atoms with Gasteiger partial charge in [0, 0.05) is 9.50 Å². The molecule has 0 bridgehead atoms. The molecule has 1 atom stereocenters. The fourth-order valence-electron chi connectivity index (χ4n) is 1.80. The van der Waals surface area contributed by atoms with E-state index < -0.39 is 0 Å². The second-order valence-corrected chi connectivity index (χ2v) is 5.38. The standard InChI is InChI=1S/C13H15BrClN3O/c1-3-11(16-4-2)13-18-17-12(19-13)9-7-8(15)5-6-10(9)14/h5-7,11,16H,3-4H2,1-2H3. The second kappa shape index (κ2) is 6.50. The molecule has 19 heavy (non-hydrogen) atoms. The summed E-state index contributed by atoms with van der Waals surface area (Å²) in [5.74, 6) is 1.08. The zero-order valence-corrected chi connectivity index (χ0v) is 13.1. The molecule has 2 aromatic rings. The number of aromatic nitrogens is 2. The first kappa shape index (κ1) is 14.5. The van der Waals surface area contributed by atoms with E-state index >= 15 is 0 Å². The molecular formula is C13H15BrClN3O. The van der Waals surface area contributed by atoms with Crippen LogP contribution in [0.1, 0.15) is 32.2 Å². The van der Waals surface area contributed by atoms with Crippen molar-refractivity contribution in [2.45, 2.75) is 26.3 Å². The second-order valence-electron chi connectivity index (χ2n) is 4.09. The van der Waals surface area contributed by atoms with Gasteiger partial charge in [0.25, 0.3) is 0 Å². The average Bonchev–Trinajstić information content (AvgIpc) is 2.88. The Morgan fingerprint density at radius 3 is 2.84 bits per heavy atom. The van der Waals surface area contributed by atoms with Gasteiger partial charge in [0.05, 0.1) is 11.6 Å². The lowest BCUT2D eigenvalue weighted by Gasteiger charge is -2.10. The van der Waals surface area contributed by atoms with Gasteiger partial charge in [-0.1, -0.05) is 25.4 Å². The predicted octanol–water partition coefficient (Wildman–Crippen LogP) is 4.21. The Kier molecular flexibility index (Phi) is 4.96. The Balaban J connectivity index is 2.32. The molecule has 1 N–H and O–H groups in total. The molecule has 0 spiro atoms. The maximum Gasteiger partial charge on any atom is 0.249 e. The molecule has 0 fully saturated rings. The summed E-state index contributed by atoms with van der Waals surface area (Å²) < 4.78 is 6.62. The molecule has 1 aromatic carbocycles. The highest BCUT2D eigenvalue weighted by atomic mass is 79.9. The number of rotatable bonds is 5. The number of hydrogen-bond donors (Lipinski definition) is 1. The van der Waals surface area contributed by atoms with Crippen LogP contribution in [0.3, 0.4) is 0 Å². The Morgan fingerprint density at radius 2 is 2.16 bits per heavy atom. The largest absolute Gasteiger partial charge is 0.419 e. The summed E-state index contributed by atoms with van der Waals surface area (Å²) in [4.78, 5) is 0. The third-order valence-corrected chi connectivity index (χ3v) is 3.68. The minimum atomic E-state index is 0.0872. The summed E-state index contributed by atoms with van der Waals surface area (Å²) in [5, 5.41) is 12.1. The van der Waals surface area contributed by atoms with Crippen molar-refractivity contribution < 1.29 is 4.42 Å². The summed E-state index contributed by atoms with van der Waals surface area (Å²) in [6, 6.07) is 5.56. The average molecular weight is 345 g/mol. The van der Waals surface area contributed by atoms with Crippen molar-refractivity contribution in [3.63, 3.8) is 0 Å². The van der Waals surface area contributed by atoms with E-state index in [9.17, 15) is 0 Å². The van der Waals surface area contributed by atoms with Crippen molar-refractivity contribution in [1.29, 1.82) is 0 Å². The zero-order valence-electron chi connectivity index (χ0n) is 10.8. The molecule has 4 nitrogen and oxygen atoms in total. The number of benzene rings is 1. The molecule has 1 aromatic heterocycles. The van der Waals surface area contributed by atoms with E-state index in [1.54, 1.807) is 12.1 Å². The molecule has 2 rings (SSSR count). The quantitative estimate of drug-likeness (QED) is 0.882. The van der Waals surface area contributed by atoms with Gasteiger partial charge in [0.15, 0.2) is 0 Å². The zero-order chi connectivity index (χ0) is 13.8. The molecule has 0 amide bonds. The van der Waals surface area contributed by atoms with Crippen molar-refractivity contribution >= 4 is 27.5 Å². The van der Waals surface area contributed by atoms with Crippen LogP contribution in [0.4, 0.5) is 0 Å². The van der Waals surface area contributed by atoms with Crippen LogP contribution >= 0.6 is 27.5 Å². The fraction of sp³-hybridized carbons (Fsp3) is 0.385. The van der Waals surface area contributed by atoms with Crippen LogP contribution in [0.2, 0.25) is 5.02 Å². The lowest BCUT2D eigenvalue weighted by Crippen LogP contribution is -2.20. The lowest BCUT2D eigenvalue weighted by atomic mass is 10.2. The van der Waals surface area contributed by atoms with Crippen molar-refractivity contribution in [2.24, 2.45) is 0 Å². The molecule has 0 aliphatic heterocycles. The monoisotopic (exact) mass is 343 g/mol. The van der Waals surface area contributed by atoms with E-state index in [4.69, 9.17) is 16.0 Å². The third-order valence-electron chi connectivity index (χ3n) is 2.76. The van der Waals surface area contributed by atoms with Crippen LogP contribution < -0.4 is 5.32 Å². The van der Waals surface area contributed by atoms with E-state index in [-0.39, 0.29) is 6.04 Å². The molecule has 1 unspecified atom stereocenters. The first-order valence-electron chi connectivity index (χ1n) is 6.17. The molecule has 102 valence electrons. The van der Waals surface area contributed by atoms with Gasteiger partial charge in [0.2, 0.25) is 11.8 Å². The smallest absolute Gasteiger partial charge is 0.249 e. The number of nitrogens with zero attached hydrogens (tertiary/aromatic N) is 2. The van der Waals surface area contributed by atoms with Gasteiger partial charge in [-0.15, -0.1) is 10.2 Å². The molecule has 6 heteroatoms. The van der Waals surface area contributed by atoms with Gasteiger partial charge in [-0.05, 0) is 47.1 Å². The Hall–Kier alpha value is -0.910. The van der Waals surface area contributed by atoms with Crippen LogP contribution in [0.15, 0.2) is 27.1 Å². The molecule has 0 saturated heterocycles. The Morgan fingerprint density at radius 1 is 1.37 bits per heavy atom. The molecular weight excluding hydrogens is 330 g/mol. The molecule has 1 heterocycles. The predicted molar refractivity (Wildman–Crippen MR) is 79.2 cm³/mol. The maximum absolute atomic E-state index is 5.99. The number of nitrogens with one attached hydrogen (secondary N) is 1. The van der Waals surface area contributed by atoms with Crippen LogP contribution in [0.25, 0.3) is 11.5 Å². The van der Waals surface area contributed by atoms with Crippen LogP contribution in [0, 0.1) is 0 Å². The first-order valence-corrected chi connectivity index (χ1v) is 7.35. The van der Waals surface area contributed by atoms with E-state index in [1.165, 1.54) is 0 Å². The molecule has 0 radical (unpaired) electrons. The van der Waals surface area contributed by atoms with Gasteiger partial charge >= 0.3 is 0 Å². The minimum Gasteiger partial charge on any atom is -0.419 e. The van der Waals surface area contributed by atoms with Crippen molar-refractivity contribution in [2.75, 3.05) is 6.54 Å². The summed E-state index contributed by atoms with van der Waals surface area (Å²) >= 11 is 9.45. The normalized spacial score (nSPS) is 12.6. The summed E-state index contributed by atoms with van der Waals surface area (Å²) in [5.41, 5.74) is 0.803.